The Morgan fingerprint density at radius 3 is 2.36 bits per heavy atom. The van der Waals surface area contributed by atoms with Crippen molar-refractivity contribution in [3.05, 3.63) is 0 Å². The molecule has 5 aliphatic rings. The number of hydrogen-bond donors (Lipinski definition) is 1. The summed E-state index contributed by atoms with van der Waals surface area (Å²) in [6.07, 6.45) is 17.1. The molecule has 2 heteroatoms. The Kier molecular flexibility index (Phi) is 3.81. The molecule has 0 heterocycles. The van der Waals surface area contributed by atoms with E-state index in [0.29, 0.717) is 5.92 Å². The topological polar surface area (TPSA) is 37.3 Å². The first-order chi connectivity index (χ1) is 12.1. The van der Waals surface area contributed by atoms with Gasteiger partial charge in [-0.3, -0.25) is 4.79 Å². The van der Waals surface area contributed by atoms with Crippen LogP contribution in [-0.2, 0) is 4.79 Å². The van der Waals surface area contributed by atoms with Gasteiger partial charge >= 0.3 is 5.97 Å². The van der Waals surface area contributed by atoms with E-state index < -0.39 is 5.97 Å². The molecule has 25 heavy (non-hydrogen) atoms. The van der Waals surface area contributed by atoms with Crippen molar-refractivity contribution in [3.63, 3.8) is 0 Å². The predicted molar refractivity (Wildman–Crippen MR) is 99.1 cm³/mol. The van der Waals surface area contributed by atoms with Crippen LogP contribution in [0.3, 0.4) is 0 Å². The summed E-state index contributed by atoms with van der Waals surface area (Å²) in [7, 11) is 0. The lowest BCUT2D eigenvalue weighted by atomic mass is 9.43. The molecule has 0 saturated heterocycles. The minimum Gasteiger partial charge on any atom is -0.481 e. The van der Waals surface area contributed by atoms with Crippen molar-refractivity contribution in [1.82, 2.24) is 0 Å². The van der Waals surface area contributed by atoms with E-state index >= 15 is 0 Å². The van der Waals surface area contributed by atoms with E-state index in [1.165, 1.54) is 64.2 Å². The van der Waals surface area contributed by atoms with Gasteiger partial charge < -0.3 is 5.11 Å². The third-order valence-corrected chi connectivity index (χ3v) is 10.3. The largest absolute Gasteiger partial charge is 0.481 e. The van der Waals surface area contributed by atoms with Crippen LogP contribution >= 0.6 is 0 Å². The van der Waals surface area contributed by atoms with Gasteiger partial charge in [-0.2, -0.15) is 0 Å². The molecule has 0 aromatic heterocycles. The molecule has 5 fully saturated rings. The summed E-state index contributed by atoms with van der Waals surface area (Å²) in [6.45, 7) is 2.39. The lowest BCUT2D eigenvalue weighted by molar-refractivity contribution is -0.177. The zero-order chi connectivity index (χ0) is 17.2. The molecule has 0 bridgehead atoms. The normalized spacial score (nSPS) is 54.8. The summed E-state index contributed by atoms with van der Waals surface area (Å²) < 4.78 is 0. The van der Waals surface area contributed by atoms with Gasteiger partial charge in [0, 0.05) is 0 Å². The van der Waals surface area contributed by atoms with E-state index in [9.17, 15) is 9.90 Å². The highest BCUT2D eigenvalue weighted by atomic mass is 16.4. The second-order valence-corrected chi connectivity index (χ2v) is 10.7. The number of rotatable bonds is 1. The fraction of sp³-hybridized carbons (Fsp3) is 0.957. The molecular formula is C23H36O2. The van der Waals surface area contributed by atoms with Gasteiger partial charge in [-0.1, -0.05) is 32.6 Å². The van der Waals surface area contributed by atoms with Crippen molar-refractivity contribution < 1.29 is 9.90 Å². The molecule has 2 nitrogen and oxygen atoms in total. The van der Waals surface area contributed by atoms with E-state index in [2.05, 4.69) is 6.92 Å². The minimum absolute atomic E-state index is 0.0795. The van der Waals surface area contributed by atoms with Crippen molar-refractivity contribution in [2.75, 3.05) is 0 Å². The van der Waals surface area contributed by atoms with Gasteiger partial charge in [0.05, 0.1) is 5.41 Å². The van der Waals surface area contributed by atoms with Gasteiger partial charge in [-0.15, -0.1) is 0 Å². The standard InChI is InChI=1S/C23H36O2/c1-22-12-4-13-23(22,21(24)25)14-11-19-18-8-7-15-5-2-3-6-16(15)17(18)9-10-20(19)22/h15-20H,2-14H2,1H3,(H,24,25). The van der Waals surface area contributed by atoms with Gasteiger partial charge in [0.1, 0.15) is 0 Å². The number of carboxylic acid groups (broad SMARTS) is 1. The number of fused-ring (bicyclic) bond motifs is 7. The number of carbonyl (C=O) groups is 1. The second kappa shape index (κ2) is 5.73. The molecule has 0 aromatic carbocycles. The second-order valence-electron chi connectivity index (χ2n) is 10.7. The minimum atomic E-state index is -0.468. The van der Waals surface area contributed by atoms with Crippen molar-refractivity contribution in [1.29, 1.82) is 0 Å². The Morgan fingerprint density at radius 2 is 1.52 bits per heavy atom. The molecule has 140 valence electrons. The Bertz CT molecular complexity index is 556. The number of carboxylic acids is 1. The quantitative estimate of drug-likeness (QED) is 0.643. The molecule has 8 atom stereocenters. The van der Waals surface area contributed by atoms with Crippen LogP contribution in [0.4, 0.5) is 0 Å². The van der Waals surface area contributed by atoms with Crippen LogP contribution in [-0.4, -0.2) is 11.1 Å². The molecule has 0 amide bonds. The third kappa shape index (κ3) is 2.12. The molecule has 0 aromatic rings. The molecule has 0 aliphatic heterocycles. The highest BCUT2D eigenvalue weighted by Gasteiger charge is 2.65. The first kappa shape index (κ1) is 16.6. The van der Waals surface area contributed by atoms with Crippen LogP contribution in [0.15, 0.2) is 0 Å². The fourth-order valence-corrected chi connectivity index (χ4v) is 9.25. The summed E-state index contributed by atoms with van der Waals surface area (Å²) in [5.41, 5.74) is -0.306. The van der Waals surface area contributed by atoms with Crippen molar-refractivity contribution in [2.24, 2.45) is 46.3 Å². The van der Waals surface area contributed by atoms with Gasteiger partial charge in [0.2, 0.25) is 0 Å². The zero-order valence-corrected chi connectivity index (χ0v) is 16.0. The fourth-order valence-electron chi connectivity index (χ4n) is 9.25. The molecule has 1 N–H and O–H groups in total. The van der Waals surface area contributed by atoms with Gasteiger partial charge in [0.25, 0.3) is 0 Å². The van der Waals surface area contributed by atoms with E-state index in [-0.39, 0.29) is 10.8 Å². The van der Waals surface area contributed by atoms with Crippen molar-refractivity contribution in [3.8, 4) is 0 Å². The number of aliphatic carboxylic acids is 1. The molecular weight excluding hydrogens is 308 g/mol. The van der Waals surface area contributed by atoms with Crippen molar-refractivity contribution >= 4 is 5.97 Å². The van der Waals surface area contributed by atoms with Crippen LogP contribution in [0, 0.1) is 46.3 Å². The van der Waals surface area contributed by atoms with Crippen LogP contribution < -0.4 is 0 Å². The predicted octanol–water partition coefficient (Wildman–Crippen LogP) is 5.90. The van der Waals surface area contributed by atoms with Crippen LogP contribution in [0.5, 0.6) is 0 Å². The average molecular weight is 345 g/mol. The first-order valence-corrected chi connectivity index (χ1v) is 11.3. The summed E-state index contributed by atoms with van der Waals surface area (Å²) >= 11 is 0. The van der Waals surface area contributed by atoms with Crippen molar-refractivity contribution in [2.45, 2.75) is 90.4 Å². The van der Waals surface area contributed by atoms with E-state index in [4.69, 9.17) is 0 Å². The molecule has 0 radical (unpaired) electrons. The maximum Gasteiger partial charge on any atom is 0.310 e. The average Bonchev–Trinajstić information content (AvgIpc) is 2.99. The Hall–Kier alpha value is -0.530. The van der Waals surface area contributed by atoms with Gasteiger partial charge in [-0.25, -0.2) is 0 Å². The van der Waals surface area contributed by atoms with Gasteiger partial charge in [-0.05, 0) is 98.7 Å². The Morgan fingerprint density at radius 1 is 0.760 bits per heavy atom. The molecule has 5 aliphatic carbocycles. The number of hydrogen-bond acceptors (Lipinski definition) is 1. The van der Waals surface area contributed by atoms with E-state index in [1.807, 2.05) is 0 Å². The Labute approximate surface area is 153 Å². The first-order valence-electron chi connectivity index (χ1n) is 11.3. The molecule has 5 rings (SSSR count). The van der Waals surface area contributed by atoms with Crippen LogP contribution in [0.25, 0.3) is 0 Å². The zero-order valence-electron chi connectivity index (χ0n) is 16.0. The Balaban J connectivity index is 1.44. The lowest BCUT2D eigenvalue weighted by Gasteiger charge is -2.61. The summed E-state index contributed by atoms with van der Waals surface area (Å²) in [5, 5.41) is 10.1. The molecule has 0 spiro atoms. The van der Waals surface area contributed by atoms with E-state index in [0.717, 1.165) is 48.9 Å². The monoisotopic (exact) mass is 344 g/mol. The third-order valence-electron chi connectivity index (χ3n) is 10.3. The molecule has 8 unspecified atom stereocenters. The SMILES string of the molecule is CC12CCCC1(C(=O)O)CCC1C3CCC4CCCCC4C3CCC12. The van der Waals surface area contributed by atoms with Crippen LogP contribution in [0.1, 0.15) is 90.4 Å². The smallest absolute Gasteiger partial charge is 0.310 e. The molecule has 5 saturated carbocycles. The summed E-state index contributed by atoms with van der Waals surface area (Å²) in [5.74, 6) is 5.05. The summed E-state index contributed by atoms with van der Waals surface area (Å²) in [4.78, 5) is 12.3. The van der Waals surface area contributed by atoms with Crippen LogP contribution in [0.2, 0.25) is 0 Å². The van der Waals surface area contributed by atoms with E-state index in [1.54, 1.807) is 0 Å². The maximum atomic E-state index is 12.3. The highest BCUT2D eigenvalue weighted by molar-refractivity contribution is 5.76. The summed E-state index contributed by atoms with van der Waals surface area (Å²) in [6, 6.07) is 0. The lowest BCUT2D eigenvalue weighted by Crippen LogP contribution is -2.57. The van der Waals surface area contributed by atoms with Gasteiger partial charge in [0.15, 0.2) is 0 Å². The highest BCUT2D eigenvalue weighted by Crippen LogP contribution is 2.69. The maximum absolute atomic E-state index is 12.3.